The lowest BCUT2D eigenvalue weighted by atomic mass is 9.34. The number of benzene rings is 8. The fourth-order valence-corrected chi connectivity index (χ4v) is 8.66. The Bertz CT molecular complexity index is 3050. The maximum Gasteiger partial charge on any atom is 0.261 e. The largest absolute Gasteiger partial charge is 0.458 e. The van der Waals surface area contributed by atoms with Crippen molar-refractivity contribution in [1.82, 2.24) is 4.57 Å². The minimum absolute atomic E-state index is 0.0709. The Morgan fingerprint density at radius 3 is 1.82 bits per heavy atom. The van der Waals surface area contributed by atoms with Crippen LogP contribution in [0.5, 0.6) is 23.0 Å². The zero-order valence-electron chi connectivity index (χ0n) is 27.3. The molecule has 4 heterocycles. The molecule has 0 fully saturated rings. The summed E-state index contributed by atoms with van der Waals surface area (Å²) in [6.45, 7) is -0.0709. The van der Waals surface area contributed by atoms with Gasteiger partial charge in [-0.1, -0.05) is 103 Å². The summed E-state index contributed by atoms with van der Waals surface area (Å²) in [7, 11) is 0. The van der Waals surface area contributed by atoms with Gasteiger partial charge in [-0.15, -0.1) is 0 Å². The summed E-state index contributed by atoms with van der Waals surface area (Å²) in [4.78, 5) is 0. The molecule has 2 aliphatic heterocycles. The molecular weight excluding hydrogens is 625 g/mol. The highest BCUT2D eigenvalue weighted by atomic mass is 16.5. The zero-order chi connectivity index (χ0) is 33.2. The third-order valence-corrected chi connectivity index (χ3v) is 10.9. The number of hydrogen-bond acceptors (Lipinski definition) is 3. The number of furan rings is 1. The van der Waals surface area contributed by atoms with Crippen LogP contribution in [0, 0.1) is 0 Å². The molecule has 0 bridgehead atoms. The topological polar surface area (TPSA) is 36.5 Å². The summed E-state index contributed by atoms with van der Waals surface area (Å²) in [6.07, 6.45) is 0. The molecule has 0 amide bonds. The fraction of sp³-hybridized carbons (Fsp3) is 0. The average molecular weight is 652 g/mol. The smallest absolute Gasteiger partial charge is 0.261 e. The first-order valence-electron chi connectivity index (χ1n) is 17.4. The van der Waals surface area contributed by atoms with Crippen LogP contribution in [-0.4, -0.2) is 11.3 Å². The van der Waals surface area contributed by atoms with Gasteiger partial charge in [0, 0.05) is 38.8 Å². The maximum atomic E-state index is 6.85. The molecular formula is C46H26BNO3. The molecule has 0 spiro atoms. The quantitative estimate of drug-likeness (QED) is 0.175. The summed E-state index contributed by atoms with van der Waals surface area (Å²) < 4.78 is 22.4. The van der Waals surface area contributed by atoms with E-state index < -0.39 is 0 Å². The van der Waals surface area contributed by atoms with Gasteiger partial charge in [-0.05, 0) is 81.4 Å². The molecule has 0 unspecified atom stereocenters. The van der Waals surface area contributed by atoms with Gasteiger partial charge in [-0.3, -0.25) is 0 Å². The predicted molar refractivity (Wildman–Crippen MR) is 209 cm³/mol. The fourth-order valence-electron chi connectivity index (χ4n) is 8.66. The molecule has 0 saturated heterocycles. The Kier molecular flexibility index (Phi) is 5.29. The van der Waals surface area contributed by atoms with Gasteiger partial charge in [0.15, 0.2) is 0 Å². The molecule has 0 atom stereocenters. The van der Waals surface area contributed by atoms with E-state index in [0.29, 0.717) is 0 Å². The Morgan fingerprint density at radius 2 is 1.06 bits per heavy atom. The van der Waals surface area contributed by atoms with Gasteiger partial charge in [0.1, 0.15) is 34.2 Å². The first-order valence-corrected chi connectivity index (χ1v) is 17.4. The lowest BCUT2D eigenvalue weighted by Crippen LogP contribution is -2.57. The summed E-state index contributed by atoms with van der Waals surface area (Å²) >= 11 is 0. The van der Waals surface area contributed by atoms with Gasteiger partial charge < -0.3 is 18.5 Å². The Labute approximate surface area is 292 Å². The summed E-state index contributed by atoms with van der Waals surface area (Å²) in [6, 6.07) is 55.8. The second-order valence-corrected chi connectivity index (χ2v) is 13.6. The van der Waals surface area contributed by atoms with Gasteiger partial charge in [0.2, 0.25) is 0 Å². The van der Waals surface area contributed by atoms with Crippen molar-refractivity contribution >= 4 is 77.6 Å². The SMILES string of the molecule is c1ccc2c3c(ccc2c1)Oc1cc(-c2ccc(-n4c5ccccc5c5ccccc54)cc2)cc2c1B3c1cc3c(cc1O2)oc1ccccc13. The molecule has 236 valence electrons. The highest BCUT2D eigenvalue weighted by Crippen LogP contribution is 2.42. The first-order chi connectivity index (χ1) is 25.3. The maximum absolute atomic E-state index is 6.85. The summed E-state index contributed by atoms with van der Waals surface area (Å²) in [5, 5.41) is 7.07. The molecule has 8 aromatic carbocycles. The summed E-state index contributed by atoms with van der Waals surface area (Å²) in [5.74, 6) is 3.32. The Morgan fingerprint density at radius 1 is 0.412 bits per heavy atom. The molecule has 0 aliphatic carbocycles. The Hall–Kier alpha value is -6.72. The van der Waals surface area contributed by atoms with Crippen LogP contribution in [0.25, 0.3) is 71.3 Å². The van der Waals surface area contributed by atoms with E-state index in [1.807, 2.05) is 12.1 Å². The van der Waals surface area contributed by atoms with Crippen LogP contribution in [0.2, 0.25) is 0 Å². The number of nitrogens with zero attached hydrogens (tertiary/aromatic N) is 1. The van der Waals surface area contributed by atoms with Crippen LogP contribution in [-0.2, 0) is 0 Å². The highest BCUT2D eigenvalue weighted by Gasteiger charge is 2.42. The molecule has 2 aromatic heterocycles. The Balaban J connectivity index is 1.05. The van der Waals surface area contributed by atoms with E-state index in [1.54, 1.807) is 0 Å². The second kappa shape index (κ2) is 9.93. The monoisotopic (exact) mass is 651 g/mol. The van der Waals surface area contributed by atoms with Crippen LogP contribution >= 0.6 is 0 Å². The van der Waals surface area contributed by atoms with E-state index in [9.17, 15) is 0 Å². The van der Waals surface area contributed by atoms with Crippen LogP contribution in [0.15, 0.2) is 162 Å². The van der Waals surface area contributed by atoms with Crippen LogP contribution in [0.3, 0.4) is 0 Å². The van der Waals surface area contributed by atoms with E-state index in [0.717, 1.165) is 72.7 Å². The van der Waals surface area contributed by atoms with Crippen molar-refractivity contribution in [3.63, 3.8) is 0 Å². The number of fused-ring (bicyclic) bond motifs is 12. The van der Waals surface area contributed by atoms with Crippen LogP contribution in [0.4, 0.5) is 0 Å². The van der Waals surface area contributed by atoms with Crippen molar-refractivity contribution in [3.05, 3.63) is 158 Å². The molecule has 10 aromatic rings. The number of hydrogen-bond donors (Lipinski definition) is 0. The number of rotatable bonds is 2. The van der Waals surface area contributed by atoms with Crippen molar-refractivity contribution in [2.24, 2.45) is 0 Å². The van der Waals surface area contributed by atoms with Gasteiger partial charge in [-0.2, -0.15) is 0 Å². The summed E-state index contributed by atoms with van der Waals surface area (Å²) in [5.41, 5.74) is 10.7. The second-order valence-electron chi connectivity index (χ2n) is 13.6. The zero-order valence-corrected chi connectivity index (χ0v) is 27.3. The van der Waals surface area contributed by atoms with Crippen molar-refractivity contribution in [3.8, 4) is 39.8 Å². The molecule has 51 heavy (non-hydrogen) atoms. The number of ether oxygens (including phenoxy) is 2. The molecule has 12 rings (SSSR count). The minimum Gasteiger partial charge on any atom is -0.458 e. The van der Waals surface area contributed by atoms with Gasteiger partial charge in [-0.25, -0.2) is 0 Å². The van der Waals surface area contributed by atoms with Gasteiger partial charge in [0.05, 0.1) is 11.0 Å². The predicted octanol–water partition coefficient (Wildman–Crippen LogP) is 10.2. The minimum atomic E-state index is -0.0709. The highest BCUT2D eigenvalue weighted by molar-refractivity contribution is 6.99. The lowest BCUT2D eigenvalue weighted by Gasteiger charge is -2.34. The van der Waals surface area contributed by atoms with E-state index in [4.69, 9.17) is 13.9 Å². The first kappa shape index (κ1) is 27.1. The molecule has 4 nitrogen and oxygen atoms in total. The van der Waals surface area contributed by atoms with E-state index in [2.05, 4.69) is 150 Å². The standard InChI is InChI=1S/C46H26BNO3/c1-2-10-31-28(9-1)19-22-40-45(31)47-36-25-35-34-13-5-8-16-39(34)49-41(35)26-42(36)51-44-24-29(23-43(50-40)46(44)47)27-17-20-30(21-18-27)48-37-14-6-3-11-32(37)33-12-4-7-15-38(33)48/h1-26H. The van der Waals surface area contributed by atoms with Crippen molar-refractivity contribution in [1.29, 1.82) is 0 Å². The van der Waals surface area contributed by atoms with Crippen molar-refractivity contribution in [2.45, 2.75) is 0 Å². The molecule has 2 aliphatic rings. The number of aromatic nitrogens is 1. The van der Waals surface area contributed by atoms with Crippen LogP contribution in [0.1, 0.15) is 0 Å². The van der Waals surface area contributed by atoms with Crippen LogP contribution < -0.4 is 25.9 Å². The molecule has 0 N–H and O–H groups in total. The van der Waals surface area contributed by atoms with E-state index in [1.165, 1.54) is 38.0 Å². The normalized spacial score (nSPS) is 13.0. The average Bonchev–Trinajstić information content (AvgIpc) is 3.72. The third kappa shape index (κ3) is 3.75. The van der Waals surface area contributed by atoms with Crippen molar-refractivity contribution < 1.29 is 13.9 Å². The van der Waals surface area contributed by atoms with E-state index >= 15 is 0 Å². The molecule has 5 heteroatoms. The van der Waals surface area contributed by atoms with E-state index in [-0.39, 0.29) is 6.71 Å². The van der Waals surface area contributed by atoms with Gasteiger partial charge >= 0.3 is 0 Å². The molecule has 0 saturated carbocycles. The van der Waals surface area contributed by atoms with Crippen molar-refractivity contribution in [2.75, 3.05) is 0 Å². The third-order valence-electron chi connectivity index (χ3n) is 10.9. The lowest BCUT2D eigenvalue weighted by molar-refractivity contribution is 0.465. The number of para-hydroxylation sites is 3. The van der Waals surface area contributed by atoms with Gasteiger partial charge in [0.25, 0.3) is 6.71 Å². The molecule has 0 radical (unpaired) electrons.